The van der Waals surface area contributed by atoms with Gasteiger partial charge in [0.1, 0.15) is 12.2 Å². The second-order valence-corrected chi connectivity index (χ2v) is 11.8. The SMILES string of the molecule is O=S1C[C@H]2[C@@H](OCc3ccccc3)[C@H](OCc3ccccc3)[C@@H](COCc3ccccc3)O[C@H]2c2ccccc21. The molecule has 0 amide bonds. The van der Waals surface area contributed by atoms with Crippen molar-refractivity contribution in [2.45, 2.75) is 49.1 Å². The highest BCUT2D eigenvalue weighted by Crippen LogP contribution is 2.45. The van der Waals surface area contributed by atoms with Gasteiger partial charge in [0.25, 0.3) is 0 Å². The molecule has 6 heteroatoms. The van der Waals surface area contributed by atoms with E-state index in [1.807, 2.05) is 78.9 Å². The van der Waals surface area contributed by atoms with Gasteiger partial charge in [0, 0.05) is 16.6 Å². The zero-order valence-corrected chi connectivity index (χ0v) is 23.2. The molecule has 4 aromatic carbocycles. The molecule has 0 radical (unpaired) electrons. The molecule has 1 saturated heterocycles. The summed E-state index contributed by atoms with van der Waals surface area (Å²) in [6, 6.07) is 38.3. The molecule has 0 saturated carbocycles. The van der Waals surface area contributed by atoms with Crippen LogP contribution in [0.3, 0.4) is 0 Å². The van der Waals surface area contributed by atoms with Gasteiger partial charge in [-0.15, -0.1) is 0 Å². The van der Waals surface area contributed by atoms with Gasteiger partial charge >= 0.3 is 0 Å². The van der Waals surface area contributed by atoms with Crippen LogP contribution in [0.1, 0.15) is 28.4 Å². The maximum Gasteiger partial charge on any atom is 0.113 e. The zero-order valence-electron chi connectivity index (χ0n) is 22.3. The van der Waals surface area contributed by atoms with Gasteiger partial charge in [-0.05, 0) is 28.3 Å². The van der Waals surface area contributed by atoms with Crippen molar-refractivity contribution in [1.82, 2.24) is 0 Å². The fourth-order valence-electron chi connectivity index (χ4n) is 5.62. The molecule has 4 aromatic rings. The van der Waals surface area contributed by atoms with E-state index >= 15 is 0 Å². The largest absolute Gasteiger partial charge is 0.374 e. The summed E-state index contributed by atoms with van der Waals surface area (Å²) in [5.74, 6) is 0.342. The van der Waals surface area contributed by atoms with Gasteiger partial charge in [-0.2, -0.15) is 0 Å². The molecular formula is C34H34O5S. The van der Waals surface area contributed by atoms with Gasteiger partial charge in [-0.3, -0.25) is 4.21 Å². The van der Waals surface area contributed by atoms with Gasteiger partial charge in [0.05, 0.1) is 49.4 Å². The minimum absolute atomic E-state index is 0.120. The van der Waals surface area contributed by atoms with Crippen LogP contribution in [0, 0.1) is 5.92 Å². The average Bonchev–Trinajstić information content (AvgIpc) is 3.01. The third kappa shape index (κ3) is 6.27. The number of benzene rings is 4. The summed E-state index contributed by atoms with van der Waals surface area (Å²) in [5.41, 5.74) is 4.24. The molecule has 1 unspecified atom stereocenters. The molecular weight excluding hydrogens is 520 g/mol. The fraction of sp³-hybridized carbons (Fsp3) is 0.294. The first-order valence-corrected chi connectivity index (χ1v) is 15.1. The molecule has 0 spiro atoms. The van der Waals surface area contributed by atoms with E-state index in [0.717, 1.165) is 27.1 Å². The van der Waals surface area contributed by atoms with Crippen LogP contribution in [0.4, 0.5) is 0 Å². The van der Waals surface area contributed by atoms with Crippen LogP contribution in [0.5, 0.6) is 0 Å². The Bertz CT molecular complexity index is 1380. The molecule has 0 N–H and O–H groups in total. The first-order valence-electron chi connectivity index (χ1n) is 13.8. The summed E-state index contributed by atoms with van der Waals surface area (Å²) in [7, 11) is -1.15. The van der Waals surface area contributed by atoms with E-state index in [4.69, 9.17) is 18.9 Å². The van der Waals surface area contributed by atoms with Gasteiger partial charge in [-0.1, -0.05) is 109 Å². The van der Waals surface area contributed by atoms with Crippen molar-refractivity contribution >= 4 is 10.8 Å². The maximum absolute atomic E-state index is 13.4. The minimum atomic E-state index is -1.15. The van der Waals surface area contributed by atoms with Crippen LogP contribution >= 0.6 is 0 Å². The standard InChI is InChI=1S/C34H34O5S/c35-40-24-29-32(28-18-10-11-19-31(28)40)39-30(23-36-20-25-12-4-1-5-13-25)34(38-22-27-16-8-3-9-17-27)33(29)37-21-26-14-6-2-7-15-26/h1-19,29-30,32-34H,20-24H2/t29-,30-,32+,33-,34-,40?/m1/s1. The molecule has 40 heavy (non-hydrogen) atoms. The molecule has 1 fully saturated rings. The summed E-state index contributed by atoms with van der Waals surface area (Å²) in [6.07, 6.45) is -1.35. The normalized spacial score (nSPS) is 25.6. The summed E-state index contributed by atoms with van der Waals surface area (Å²) in [4.78, 5) is 0.846. The van der Waals surface area contributed by atoms with Crippen LogP contribution in [-0.4, -0.2) is 34.9 Å². The van der Waals surface area contributed by atoms with E-state index in [1.165, 1.54) is 0 Å². The molecule has 6 rings (SSSR count). The fourth-order valence-corrected chi connectivity index (χ4v) is 7.19. The van der Waals surface area contributed by atoms with Crippen molar-refractivity contribution in [3.63, 3.8) is 0 Å². The first kappa shape index (κ1) is 27.1. The Kier molecular flexibility index (Phi) is 8.81. The molecule has 2 aliphatic rings. The van der Waals surface area contributed by atoms with E-state index in [0.29, 0.717) is 32.2 Å². The Hall–Kier alpha value is -3.13. The third-order valence-corrected chi connectivity index (χ3v) is 9.15. The summed E-state index contributed by atoms with van der Waals surface area (Å²) in [5, 5.41) is 0. The summed E-state index contributed by atoms with van der Waals surface area (Å²) < 4.78 is 39.8. The molecule has 206 valence electrons. The Labute approximate surface area is 238 Å². The number of hydrogen-bond donors (Lipinski definition) is 0. The topological polar surface area (TPSA) is 54.0 Å². The van der Waals surface area contributed by atoms with E-state index in [2.05, 4.69) is 36.4 Å². The lowest BCUT2D eigenvalue weighted by Crippen LogP contribution is -2.57. The van der Waals surface area contributed by atoms with Crippen LogP contribution in [0.25, 0.3) is 0 Å². The van der Waals surface area contributed by atoms with Crippen molar-refractivity contribution in [3.05, 3.63) is 138 Å². The summed E-state index contributed by atoms with van der Waals surface area (Å²) in [6.45, 7) is 1.70. The predicted molar refractivity (Wildman–Crippen MR) is 155 cm³/mol. The number of hydrogen-bond acceptors (Lipinski definition) is 5. The highest BCUT2D eigenvalue weighted by Gasteiger charge is 2.51. The van der Waals surface area contributed by atoms with E-state index in [9.17, 15) is 4.21 Å². The smallest absolute Gasteiger partial charge is 0.113 e. The van der Waals surface area contributed by atoms with E-state index < -0.39 is 16.9 Å². The van der Waals surface area contributed by atoms with Crippen LogP contribution < -0.4 is 0 Å². The van der Waals surface area contributed by atoms with E-state index in [-0.39, 0.29) is 24.2 Å². The Morgan fingerprint density at radius 1 is 0.650 bits per heavy atom. The van der Waals surface area contributed by atoms with Crippen LogP contribution in [0.2, 0.25) is 0 Å². The molecule has 2 heterocycles. The van der Waals surface area contributed by atoms with E-state index in [1.54, 1.807) is 0 Å². The van der Waals surface area contributed by atoms with Crippen molar-refractivity contribution in [1.29, 1.82) is 0 Å². The first-order chi connectivity index (χ1) is 19.8. The molecule has 6 atom stereocenters. The lowest BCUT2D eigenvalue weighted by atomic mass is 9.84. The second-order valence-electron chi connectivity index (χ2n) is 10.3. The monoisotopic (exact) mass is 554 g/mol. The molecule has 0 bridgehead atoms. The van der Waals surface area contributed by atoms with Gasteiger partial charge in [0.15, 0.2) is 0 Å². The van der Waals surface area contributed by atoms with Crippen molar-refractivity contribution in [2.24, 2.45) is 5.92 Å². The minimum Gasteiger partial charge on any atom is -0.374 e. The van der Waals surface area contributed by atoms with Crippen LogP contribution in [0.15, 0.2) is 120 Å². The Morgan fingerprint density at radius 2 is 1.18 bits per heavy atom. The quantitative estimate of drug-likeness (QED) is 0.232. The Morgan fingerprint density at radius 3 is 1.80 bits per heavy atom. The molecule has 5 nitrogen and oxygen atoms in total. The van der Waals surface area contributed by atoms with Gasteiger partial charge < -0.3 is 18.9 Å². The van der Waals surface area contributed by atoms with Crippen LogP contribution in [-0.2, 0) is 49.6 Å². The molecule has 2 aliphatic heterocycles. The predicted octanol–water partition coefficient (Wildman–Crippen LogP) is 6.25. The van der Waals surface area contributed by atoms with Gasteiger partial charge in [0.2, 0.25) is 0 Å². The number of fused-ring (bicyclic) bond motifs is 3. The Balaban J connectivity index is 1.30. The average molecular weight is 555 g/mol. The van der Waals surface area contributed by atoms with Gasteiger partial charge in [-0.25, -0.2) is 0 Å². The lowest BCUT2D eigenvalue weighted by molar-refractivity contribution is -0.244. The zero-order chi connectivity index (χ0) is 27.1. The number of ether oxygens (including phenoxy) is 4. The highest BCUT2D eigenvalue weighted by molar-refractivity contribution is 7.85. The summed E-state index contributed by atoms with van der Waals surface area (Å²) >= 11 is 0. The van der Waals surface area contributed by atoms with Crippen molar-refractivity contribution in [3.8, 4) is 0 Å². The maximum atomic E-state index is 13.4. The van der Waals surface area contributed by atoms with Crippen molar-refractivity contribution < 1.29 is 23.2 Å². The third-order valence-electron chi connectivity index (χ3n) is 7.60. The molecule has 0 aliphatic carbocycles. The lowest BCUT2D eigenvalue weighted by Gasteiger charge is -2.48. The number of rotatable bonds is 10. The molecule has 0 aromatic heterocycles. The van der Waals surface area contributed by atoms with Crippen molar-refractivity contribution in [2.75, 3.05) is 12.4 Å². The second kappa shape index (κ2) is 13.0. The highest BCUT2D eigenvalue weighted by atomic mass is 32.2.